The smallest absolute Gasteiger partial charge is 0.247 e. The van der Waals surface area contributed by atoms with Crippen LogP contribution in [0, 0.1) is 0 Å². The van der Waals surface area contributed by atoms with E-state index in [2.05, 4.69) is 5.32 Å². The molecule has 1 heterocycles. The molecule has 25 heavy (non-hydrogen) atoms. The molecule has 3 rings (SSSR count). The number of nitrogens with zero attached hydrogens (tertiary/aromatic N) is 1. The van der Waals surface area contributed by atoms with Crippen molar-refractivity contribution < 1.29 is 9.59 Å². The molecule has 0 unspecified atom stereocenters. The van der Waals surface area contributed by atoms with Crippen molar-refractivity contribution in [2.24, 2.45) is 0 Å². The highest BCUT2D eigenvalue weighted by Gasteiger charge is 2.38. The zero-order valence-electron chi connectivity index (χ0n) is 14.3. The molecule has 2 amide bonds. The lowest BCUT2D eigenvalue weighted by molar-refractivity contribution is -0.143. The first-order valence-corrected chi connectivity index (χ1v) is 8.76. The first kappa shape index (κ1) is 17.5. The zero-order valence-corrected chi connectivity index (χ0v) is 15.1. The fourth-order valence-corrected chi connectivity index (χ4v) is 3.51. The molecular formula is C20H21ClN2O2. The quantitative estimate of drug-likeness (QED) is 0.911. The summed E-state index contributed by atoms with van der Waals surface area (Å²) in [6.07, 6.45) is 0.340. The molecule has 1 atom stereocenters. The summed E-state index contributed by atoms with van der Waals surface area (Å²) in [5, 5.41) is 3.58. The van der Waals surface area contributed by atoms with Crippen LogP contribution in [0.3, 0.4) is 0 Å². The highest BCUT2D eigenvalue weighted by molar-refractivity contribution is 6.30. The predicted octanol–water partition coefficient (Wildman–Crippen LogP) is 3.49. The lowest BCUT2D eigenvalue weighted by Gasteiger charge is -2.39. The van der Waals surface area contributed by atoms with Crippen LogP contribution in [0.25, 0.3) is 0 Å². The van der Waals surface area contributed by atoms with Crippen LogP contribution in [0.5, 0.6) is 0 Å². The predicted molar refractivity (Wildman–Crippen MR) is 98.2 cm³/mol. The molecule has 0 fully saturated rings. The summed E-state index contributed by atoms with van der Waals surface area (Å²) < 4.78 is 0. The number of benzene rings is 2. The number of carbonyl (C=O) groups excluding carboxylic acids is 2. The average Bonchev–Trinajstić information content (AvgIpc) is 2.58. The van der Waals surface area contributed by atoms with Gasteiger partial charge in [-0.15, -0.1) is 0 Å². The Hall–Kier alpha value is -2.33. The van der Waals surface area contributed by atoms with E-state index >= 15 is 0 Å². The van der Waals surface area contributed by atoms with Crippen molar-refractivity contribution in [3.63, 3.8) is 0 Å². The van der Waals surface area contributed by atoms with E-state index in [0.717, 1.165) is 16.7 Å². The average molecular weight is 357 g/mol. The minimum atomic E-state index is -0.600. The van der Waals surface area contributed by atoms with Crippen LogP contribution in [0.15, 0.2) is 48.5 Å². The Balaban J connectivity index is 1.86. The van der Waals surface area contributed by atoms with Crippen molar-refractivity contribution in [3.8, 4) is 0 Å². The summed E-state index contributed by atoms with van der Waals surface area (Å²) in [6, 6.07) is 14.4. The Labute approximate surface area is 152 Å². The maximum Gasteiger partial charge on any atom is 0.247 e. The summed E-state index contributed by atoms with van der Waals surface area (Å²) in [6.45, 7) is 4.24. The lowest BCUT2D eigenvalue weighted by atomic mass is 9.90. The third kappa shape index (κ3) is 3.69. The van der Waals surface area contributed by atoms with Crippen LogP contribution < -0.4 is 5.32 Å². The summed E-state index contributed by atoms with van der Waals surface area (Å²) >= 11 is 5.99. The second-order valence-corrected chi connectivity index (χ2v) is 6.96. The molecule has 0 radical (unpaired) electrons. The zero-order chi connectivity index (χ0) is 18.0. The van der Waals surface area contributed by atoms with Crippen molar-refractivity contribution in [2.75, 3.05) is 0 Å². The molecule has 1 aliphatic rings. The van der Waals surface area contributed by atoms with Crippen LogP contribution >= 0.6 is 11.6 Å². The molecule has 130 valence electrons. The van der Waals surface area contributed by atoms with Gasteiger partial charge in [0.15, 0.2) is 0 Å². The fraction of sp³-hybridized carbons (Fsp3) is 0.300. The first-order chi connectivity index (χ1) is 12.0. The van der Waals surface area contributed by atoms with E-state index in [1.54, 1.807) is 11.0 Å². The Morgan fingerprint density at radius 3 is 2.72 bits per heavy atom. The van der Waals surface area contributed by atoms with Gasteiger partial charge in [0.2, 0.25) is 11.8 Å². The van der Waals surface area contributed by atoms with Crippen LogP contribution in [-0.2, 0) is 22.6 Å². The summed E-state index contributed by atoms with van der Waals surface area (Å²) in [4.78, 5) is 27.2. The highest BCUT2D eigenvalue weighted by atomic mass is 35.5. The third-order valence-electron chi connectivity index (χ3n) is 4.42. The molecular weight excluding hydrogens is 336 g/mol. The van der Waals surface area contributed by atoms with Crippen molar-refractivity contribution in [1.29, 1.82) is 0 Å². The highest BCUT2D eigenvalue weighted by Crippen LogP contribution is 2.32. The van der Waals surface area contributed by atoms with Gasteiger partial charge in [-0.25, -0.2) is 0 Å². The molecule has 0 saturated carbocycles. The fourth-order valence-electron chi connectivity index (χ4n) is 3.30. The van der Waals surface area contributed by atoms with Gasteiger partial charge < -0.3 is 10.2 Å². The molecule has 0 bridgehead atoms. The Morgan fingerprint density at radius 1 is 1.24 bits per heavy atom. The van der Waals surface area contributed by atoms with E-state index in [-0.39, 0.29) is 17.9 Å². The molecule has 1 N–H and O–H groups in total. The van der Waals surface area contributed by atoms with E-state index in [0.29, 0.717) is 18.0 Å². The van der Waals surface area contributed by atoms with E-state index in [4.69, 9.17) is 11.6 Å². The Kier molecular flexibility index (Phi) is 5.09. The van der Waals surface area contributed by atoms with E-state index < -0.39 is 6.04 Å². The Morgan fingerprint density at radius 2 is 2.00 bits per heavy atom. The monoisotopic (exact) mass is 356 g/mol. The first-order valence-electron chi connectivity index (χ1n) is 8.38. The van der Waals surface area contributed by atoms with Crippen molar-refractivity contribution in [3.05, 3.63) is 70.2 Å². The van der Waals surface area contributed by atoms with Gasteiger partial charge in [-0.3, -0.25) is 9.59 Å². The second-order valence-electron chi connectivity index (χ2n) is 6.52. The van der Waals surface area contributed by atoms with Crippen LogP contribution in [0.4, 0.5) is 0 Å². The van der Waals surface area contributed by atoms with Gasteiger partial charge in [-0.2, -0.15) is 0 Å². The van der Waals surface area contributed by atoms with Gasteiger partial charge in [0.25, 0.3) is 0 Å². The minimum absolute atomic E-state index is 0.0170. The number of amides is 2. The summed E-state index contributed by atoms with van der Waals surface area (Å²) in [7, 11) is 0. The number of nitrogens with one attached hydrogen (secondary N) is 1. The molecule has 2 aromatic carbocycles. The standard InChI is InChI=1S/C20H21ClN2O2/c1-13(2)23-18(24)11-15-7-3-4-9-17(15)19(23)20(25)22-12-14-6-5-8-16(21)10-14/h3-10,13,19H,11-12H2,1-2H3,(H,22,25)/t19-/m0/s1. The summed E-state index contributed by atoms with van der Waals surface area (Å²) in [5.41, 5.74) is 2.75. The molecule has 0 aromatic heterocycles. The number of hydrogen-bond donors (Lipinski definition) is 1. The molecule has 5 heteroatoms. The maximum absolute atomic E-state index is 12.9. The van der Waals surface area contributed by atoms with Gasteiger partial charge >= 0.3 is 0 Å². The van der Waals surface area contributed by atoms with Crippen LogP contribution in [0.2, 0.25) is 5.02 Å². The number of rotatable bonds is 4. The molecule has 4 nitrogen and oxygen atoms in total. The van der Waals surface area contributed by atoms with Crippen molar-refractivity contribution in [2.45, 2.75) is 38.9 Å². The normalized spacial score (nSPS) is 16.7. The van der Waals surface area contributed by atoms with Gasteiger partial charge in [0.1, 0.15) is 6.04 Å². The topological polar surface area (TPSA) is 49.4 Å². The van der Waals surface area contributed by atoms with Crippen molar-refractivity contribution in [1.82, 2.24) is 10.2 Å². The SMILES string of the molecule is CC(C)N1C(=O)Cc2ccccc2[C@H]1C(=O)NCc1cccc(Cl)c1. The van der Waals surface area contributed by atoms with Gasteiger partial charge in [0.05, 0.1) is 6.42 Å². The molecule has 0 spiro atoms. The Bertz CT molecular complexity index is 804. The minimum Gasteiger partial charge on any atom is -0.350 e. The number of halogens is 1. The third-order valence-corrected chi connectivity index (χ3v) is 4.65. The lowest BCUT2D eigenvalue weighted by Crippen LogP contribution is -2.50. The molecule has 0 aliphatic carbocycles. The van der Waals surface area contributed by atoms with Gasteiger partial charge in [0, 0.05) is 17.6 Å². The van der Waals surface area contributed by atoms with Crippen molar-refractivity contribution >= 4 is 23.4 Å². The number of hydrogen-bond acceptors (Lipinski definition) is 2. The largest absolute Gasteiger partial charge is 0.350 e. The molecule has 1 aliphatic heterocycles. The van der Waals surface area contributed by atoms with E-state index in [1.165, 1.54) is 0 Å². The van der Waals surface area contributed by atoms with Crippen LogP contribution in [0.1, 0.15) is 36.6 Å². The molecule has 0 saturated heterocycles. The second kappa shape index (κ2) is 7.28. The van der Waals surface area contributed by atoms with Crippen LogP contribution in [-0.4, -0.2) is 22.8 Å². The van der Waals surface area contributed by atoms with E-state index in [9.17, 15) is 9.59 Å². The molecule has 2 aromatic rings. The van der Waals surface area contributed by atoms with Gasteiger partial charge in [-0.1, -0.05) is 48.0 Å². The van der Waals surface area contributed by atoms with Gasteiger partial charge in [-0.05, 0) is 42.7 Å². The number of fused-ring (bicyclic) bond motifs is 1. The number of carbonyl (C=O) groups is 2. The summed E-state index contributed by atoms with van der Waals surface area (Å²) in [5.74, 6) is -0.189. The van der Waals surface area contributed by atoms with E-state index in [1.807, 2.05) is 56.3 Å². The maximum atomic E-state index is 12.9.